The number of nitrogens with zero attached hydrogens (tertiary/aromatic N) is 2. The average molecular weight is 376 g/mol. The Labute approximate surface area is 157 Å². The molecule has 0 aromatic heterocycles. The Kier molecular flexibility index (Phi) is 4.41. The molecular weight excluding hydrogens is 352 g/mol. The smallest absolute Gasteiger partial charge is 0.410 e. The van der Waals surface area contributed by atoms with Gasteiger partial charge >= 0.3 is 12.1 Å². The highest BCUT2D eigenvalue weighted by Gasteiger charge is 2.55. The van der Waals surface area contributed by atoms with E-state index in [1.807, 2.05) is 0 Å². The SMILES string of the molecule is CC(C)(C)OC(=O)N1CCC2(CC1)C(=O)NC(=O)N2c1ccc(O)c(N)c1. The lowest BCUT2D eigenvalue weighted by Crippen LogP contribution is -2.58. The molecule has 0 radical (unpaired) electrons. The van der Waals surface area contributed by atoms with Crippen LogP contribution < -0.4 is 16.0 Å². The summed E-state index contributed by atoms with van der Waals surface area (Å²) in [6.07, 6.45) is 0.0948. The van der Waals surface area contributed by atoms with Crippen LogP contribution in [-0.4, -0.2) is 52.3 Å². The third-order valence-electron chi connectivity index (χ3n) is 4.79. The van der Waals surface area contributed by atoms with Gasteiger partial charge in [-0.05, 0) is 51.8 Å². The van der Waals surface area contributed by atoms with Gasteiger partial charge in [0.2, 0.25) is 0 Å². The van der Waals surface area contributed by atoms with E-state index < -0.39 is 29.2 Å². The van der Waals surface area contributed by atoms with E-state index in [1.165, 1.54) is 28.0 Å². The van der Waals surface area contributed by atoms with E-state index in [-0.39, 0.29) is 37.4 Å². The van der Waals surface area contributed by atoms with Gasteiger partial charge in [-0.1, -0.05) is 0 Å². The number of hydrogen-bond acceptors (Lipinski definition) is 6. The number of imide groups is 1. The molecule has 3 rings (SSSR count). The molecule has 0 saturated carbocycles. The van der Waals surface area contributed by atoms with Gasteiger partial charge in [-0.3, -0.25) is 15.0 Å². The highest BCUT2D eigenvalue weighted by molar-refractivity contribution is 6.17. The zero-order valence-corrected chi connectivity index (χ0v) is 15.6. The Bertz CT molecular complexity index is 793. The molecule has 0 atom stereocenters. The van der Waals surface area contributed by atoms with Gasteiger partial charge in [-0.2, -0.15) is 0 Å². The molecule has 1 aromatic carbocycles. The molecule has 2 aliphatic rings. The van der Waals surface area contributed by atoms with Crippen molar-refractivity contribution < 1.29 is 24.2 Å². The van der Waals surface area contributed by atoms with Crippen LogP contribution in [0.15, 0.2) is 18.2 Å². The molecule has 146 valence electrons. The summed E-state index contributed by atoms with van der Waals surface area (Å²) in [5.74, 6) is -0.499. The number of rotatable bonds is 1. The third-order valence-corrected chi connectivity index (χ3v) is 4.79. The Morgan fingerprint density at radius 1 is 1.26 bits per heavy atom. The van der Waals surface area contributed by atoms with Crippen LogP contribution in [0.1, 0.15) is 33.6 Å². The van der Waals surface area contributed by atoms with Gasteiger partial charge < -0.3 is 20.5 Å². The van der Waals surface area contributed by atoms with Gasteiger partial charge in [0.05, 0.1) is 5.69 Å². The summed E-state index contributed by atoms with van der Waals surface area (Å²) in [4.78, 5) is 40.2. The second kappa shape index (κ2) is 6.33. The quantitative estimate of drug-likeness (QED) is 0.390. The summed E-state index contributed by atoms with van der Waals surface area (Å²) in [7, 11) is 0. The maximum atomic E-state index is 12.6. The molecule has 27 heavy (non-hydrogen) atoms. The van der Waals surface area contributed by atoms with Crippen LogP contribution in [0.5, 0.6) is 5.75 Å². The van der Waals surface area contributed by atoms with Crippen LogP contribution in [0.2, 0.25) is 0 Å². The molecule has 4 N–H and O–H groups in total. The van der Waals surface area contributed by atoms with Crippen molar-refractivity contribution in [3.05, 3.63) is 18.2 Å². The van der Waals surface area contributed by atoms with Gasteiger partial charge in [-0.15, -0.1) is 0 Å². The molecule has 0 unspecified atom stereocenters. The number of likely N-dealkylation sites (tertiary alicyclic amines) is 1. The number of ether oxygens (including phenoxy) is 1. The van der Waals surface area contributed by atoms with Crippen LogP contribution in [0.25, 0.3) is 0 Å². The summed E-state index contributed by atoms with van der Waals surface area (Å²) < 4.78 is 5.38. The summed E-state index contributed by atoms with van der Waals surface area (Å²) >= 11 is 0. The van der Waals surface area contributed by atoms with Gasteiger partial charge in [-0.25, -0.2) is 9.59 Å². The fourth-order valence-electron chi connectivity index (χ4n) is 3.45. The maximum Gasteiger partial charge on any atom is 0.410 e. The van der Waals surface area contributed by atoms with Crippen LogP contribution in [-0.2, 0) is 9.53 Å². The van der Waals surface area contributed by atoms with E-state index in [4.69, 9.17) is 10.5 Å². The first kappa shape index (κ1) is 18.8. The van der Waals surface area contributed by atoms with Crippen LogP contribution in [0.3, 0.4) is 0 Å². The molecular formula is C18H24N4O5. The minimum Gasteiger partial charge on any atom is -0.506 e. The molecule has 4 amide bonds. The first-order valence-corrected chi connectivity index (χ1v) is 8.75. The number of anilines is 2. The predicted molar refractivity (Wildman–Crippen MR) is 98.3 cm³/mol. The van der Waals surface area contributed by atoms with Crippen LogP contribution >= 0.6 is 0 Å². The van der Waals surface area contributed by atoms with Crippen molar-refractivity contribution >= 4 is 29.4 Å². The van der Waals surface area contributed by atoms with Crippen molar-refractivity contribution in [3.63, 3.8) is 0 Å². The number of aromatic hydroxyl groups is 1. The van der Waals surface area contributed by atoms with Gasteiger partial charge in [0.1, 0.15) is 16.9 Å². The fraction of sp³-hybridized carbons (Fsp3) is 0.500. The van der Waals surface area contributed by atoms with Crippen LogP contribution in [0.4, 0.5) is 21.0 Å². The minimum atomic E-state index is -1.10. The van der Waals surface area contributed by atoms with Crippen molar-refractivity contribution in [1.29, 1.82) is 0 Å². The van der Waals surface area contributed by atoms with Crippen molar-refractivity contribution in [2.75, 3.05) is 23.7 Å². The molecule has 2 aliphatic heterocycles. The number of phenolic OH excluding ortho intramolecular Hbond substituents is 1. The Morgan fingerprint density at radius 3 is 2.44 bits per heavy atom. The summed E-state index contributed by atoms with van der Waals surface area (Å²) in [5, 5.41) is 12.0. The summed E-state index contributed by atoms with van der Waals surface area (Å²) in [6.45, 7) is 5.92. The number of piperidine rings is 1. The normalized spacial score (nSPS) is 19.4. The van der Waals surface area contributed by atoms with Crippen LogP contribution in [0, 0.1) is 0 Å². The molecule has 2 fully saturated rings. The lowest BCUT2D eigenvalue weighted by atomic mass is 9.85. The molecule has 2 heterocycles. The number of amides is 4. The monoisotopic (exact) mass is 376 g/mol. The van der Waals surface area contributed by atoms with Crippen molar-refractivity contribution in [3.8, 4) is 5.75 Å². The standard InChI is InChI=1S/C18H24N4O5/c1-17(2,3)27-16(26)21-8-6-18(7-9-21)14(24)20-15(25)22(18)11-4-5-13(23)12(19)10-11/h4-5,10,23H,6-9,19H2,1-3H3,(H,20,24,25). The zero-order chi connectivity index (χ0) is 20.0. The molecule has 1 aromatic rings. The minimum absolute atomic E-state index is 0.0986. The first-order chi connectivity index (χ1) is 12.5. The van der Waals surface area contributed by atoms with Gasteiger partial charge in [0.25, 0.3) is 5.91 Å². The third kappa shape index (κ3) is 3.36. The number of nitrogens with two attached hydrogens (primary N) is 1. The number of carbonyl (C=O) groups excluding carboxylic acids is 3. The Hall–Kier alpha value is -2.97. The zero-order valence-electron chi connectivity index (χ0n) is 15.6. The highest BCUT2D eigenvalue weighted by Crippen LogP contribution is 2.39. The van der Waals surface area contributed by atoms with Gasteiger partial charge in [0.15, 0.2) is 0 Å². The lowest BCUT2D eigenvalue weighted by molar-refractivity contribution is -0.124. The Morgan fingerprint density at radius 2 is 1.89 bits per heavy atom. The second-order valence-electron chi connectivity index (χ2n) is 7.84. The molecule has 9 nitrogen and oxygen atoms in total. The first-order valence-electron chi connectivity index (χ1n) is 8.75. The predicted octanol–water partition coefficient (Wildman–Crippen LogP) is 1.80. The molecule has 9 heteroatoms. The van der Waals surface area contributed by atoms with Crippen molar-refractivity contribution in [1.82, 2.24) is 10.2 Å². The number of nitrogen functional groups attached to an aromatic ring is 1. The van der Waals surface area contributed by atoms with E-state index >= 15 is 0 Å². The maximum absolute atomic E-state index is 12.6. The number of nitrogens with one attached hydrogen (secondary N) is 1. The average Bonchev–Trinajstić information content (AvgIpc) is 2.79. The van der Waals surface area contributed by atoms with E-state index in [0.29, 0.717) is 5.69 Å². The second-order valence-corrected chi connectivity index (χ2v) is 7.84. The summed E-state index contributed by atoms with van der Waals surface area (Å²) in [6, 6.07) is 3.82. The highest BCUT2D eigenvalue weighted by atomic mass is 16.6. The molecule has 0 bridgehead atoms. The van der Waals surface area contributed by atoms with E-state index in [2.05, 4.69) is 5.32 Å². The van der Waals surface area contributed by atoms with Crippen molar-refractivity contribution in [2.24, 2.45) is 0 Å². The number of carbonyl (C=O) groups is 3. The number of benzene rings is 1. The topological polar surface area (TPSA) is 125 Å². The van der Waals surface area contributed by atoms with E-state index in [1.54, 1.807) is 20.8 Å². The number of hydrogen-bond donors (Lipinski definition) is 3. The Balaban J connectivity index is 1.83. The fourth-order valence-corrected chi connectivity index (χ4v) is 3.45. The van der Waals surface area contributed by atoms with E-state index in [9.17, 15) is 19.5 Å². The van der Waals surface area contributed by atoms with E-state index in [0.717, 1.165) is 0 Å². The number of phenols is 1. The van der Waals surface area contributed by atoms with Crippen molar-refractivity contribution in [2.45, 2.75) is 44.8 Å². The largest absolute Gasteiger partial charge is 0.506 e. The number of urea groups is 1. The molecule has 1 spiro atoms. The molecule has 0 aliphatic carbocycles. The molecule has 2 saturated heterocycles. The van der Waals surface area contributed by atoms with Gasteiger partial charge in [0, 0.05) is 18.8 Å². The summed E-state index contributed by atoms with van der Waals surface area (Å²) in [5.41, 5.74) is 4.57. The lowest BCUT2D eigenvalue weighted by Gasteiger charge is -2.42.